The lowest BCUT2D eigenvalue weighted by Crippen LogP contribution is -2.53. The van der Waals surface area contributed by atoms with Crippen molar-refractivity contribution >= 4 is 11.7 Å². The van der Waals surface area contributed by atoms with Crippen LogP contribution < -0.4 is 5.32 Å². The van der Waals surface area contributed by atoms with Crippen molar-refractivity contribution in [2.24, 2.45) is 0 Å². The highest BCUT2D eigenvalue weighted by Crippen LogP contribution is 2.35. The van der Waals surface area contributed by atoms with E-state index >= 15 is 0 Å². The minimum absolute atomic E-state index is 0.0333. The van der Waals surface area contributed by atoms with Gasteiger partial charge in [0.15, 0.2) is 0 Å². The lowest BCUT2D eigenvalue weighted by Gasteiger charge is -2.40. The molecule has 120 valence electrons. The third-order valence-corrected chi connectivity index (χ3v) is 4.57. The fraction of sp³-hybridized carbons (Fsp3) is 0.588. The minimum Gasteiger partial charge on any atom is -0.380 e. The molecule has 1 saturated heterocycles. The van der Waals surface area contributed by atoms with Crippen LogP contribution in [-0.2, 0) is 16.1 Å². The quantitative estimate of drug-likeness (QED) is 0.934. The molecule has 1 N–H and O–H groups in total. The Kier molecular flexibility index (Phi) is 4.64. The molecule has 1 aromatic carbocycles. The van der Waals surface area contributed by atoms with Gasteiger partial charge in [0.2, 0.25) is 0 Å². The summed E-state index contributed by atoms with van der Waals surface area (Å²) >= 11 is 0. The fourth-order valence-corrected chi connectivity index (χ4v) is 3.39. The normalized spacial score (nSPS) is 20.3. The summed E-state index contributed by atoms with van der Waals surface area (Å²) in [6, 6.07) is 7.73. The average Bonchev–Trinajstić information content (AvgIpc) is 2.97. The van der Waals surface area contributed by atoms with Crippen molar-refractivity contribution < 1.29 is 14.3 Å². The summed E-state index contributed by atoms with van der Waals surface area (Å²) in [4.78, 5) is 14.3. The van der Waals surface area contributed by atoms with Crippen molar-refractivity contribution in [2.75, 3.05) is 32.1 Å². The van der Waals surface area contributed by atoms with Gasteiger partial charge < -0.3 is 19.7 Å². The van der Waals surface area contributed by atoms with Crippen LogP contribution in [0.4, 0.5) is 10.5 Å². The van der Waals surface area contributed by atoms with Gasteiger partial charge in [-0.05, 0) is 30.5 Å². The molecule has 3 rings (SSSR count). The third-order valence-electron chi connectivity index (χ3n) is 4.57. The van der Waals surface area contributed by atoms with Gasteiger partial charge in [0.05, 0.1) is 25.4 Å². The van der Waals surface area contributed by atoms with Crippen LogP contribution in [0, 0.1) is 0 Å². The number of hydrogen-bond acceptors (Lipinski definition) is 3. The zero-order valence-electron chi connectivity index (χ0n) is 13.1. The Labute approximate surface area is 131 Å². The van der Waals surface area contributed by atoms with Gasteiger partial charge in [-0.3, -0.25) is 0 Å². The highest BCUT2D eigenvalue weighted by atomic mass is 16.5. The van der Waals surface area contributed by atoms with E-state index in [1.54, 1.807) is 7.11 Å². The van der Waals surface area contributed by atoms with E-state index in [0.29, 0.717) is 26.3 Å². The van der Waals surface area contributed by atoms with Gasteiger partial charge in [0.1, 0.15) is 0 Å². The van der Waals surface area contributed by atoms with Crippen LogP contribution >= 0.6 is 0 Å². The van der Waals surface area contributed by atoms with E-state index in [4.69, 9.17) is 9.47 Å². The van der Waals surface area contributed by atoms with Crippen molar-refractivity contribution in [1.29, 1.82) is 0 Å². The highest BCUT2D eigenvalue weighted by Gasteiger charge is 2.40. The number of morpholine rings is 1. The number of benzene rings is 1. The van der Waals surface area contributed by atoms with Crippen molar-refractivity contribution in [3.8, 4) is 0 Å². The predicted molar refractivity (Wildman–Crippen MR) is 84.9 cm³/mol. The molecule has 5 heteroatoms. The molecular formula is C17H24N2O3. The van der Waals surface area contributed by atoms with Gasteiger partial charge in [-0.1, -0.05) is 25.0 Å². The maximum Gasteiger partial charge on any atom is 0.322 e. The molecule has 22 heavy (non-hydrogen) atoms. The number of amides is 2. The van der Waals surface area contributed by atoms with Gasteiger partial charge in [-0.15, -0.1) is 0 Å². The van der Waals surface area contributed by atoms with Crippen LogP contribution in [0.3, 0.4) is 0 Å². The van der Waals surface area contributed by atoms with Crippen molar-refractivity contribution in [1.82, 2.24) is 4.90 Å². The van der Waals surface area contributed by atoms with Gasteiger partial charge in [0.25, 0.3) is 0 Å². The molecule has 0 aromatic heterocycles. The molecule has 0 bridgehead atoms. The second kappa shape index (κ2) is 6.67. The molecule has 1 aromatic rings. The molecule has 1 aliphatic heterocycles. The average molecular weight is 304 g/mol. The summed E-state index contributed by atoms with van der Waals surface area (Å²) in [6.45, 7) is 2.59. The molecule has 2 aliphatic rings. The first kappa shape index (κ1) is 15.3. The summed E-state index contributed by atoms with van der Waals surface area (Å²) in [6.07, 6.45) is 4.55. The number of ether oxygens (including phenoxy) is 2. The Bertz CT molecular complexity index is 509. The first-order valence-corrected chi connectivity index (χ1v) is 7.99. The van der Waals surface area contributed by atoms with E-state index in [1.807, 2.05) is 29.2 Å². The van der Waals surface area contributed by atoms with E-state index in [9.17, 15) is 4.79 Å². The number of anilines is 1. The molecule has 2 amide bonds. The molecule has 2 fully saturated rings. The Hall–Kier alpha value is -1.59. The summed E-state index contributed by atoms with van der Waals surface area (Å²) < 4.78 is 11.1. The standard InChI is InChI=1S/C17H24N2O3/c1-21-12-14-4-6-15(7-5-14)18-16(20)19-10-11-22-17(13-19)8-2-3-9-17/h4-7H,2-3,8-13H2,1H3,(H,18,20). The van der Waals surface area contributed by atoms with Gasteiger partial charge in [0, 0.05) is 19.3 Å². The monoisotopic (exact) mass is 304 g/mol. The van der Waals surface area contributed by atoms with Crippen LogP contribution in [0.25, 0.3) is 0 Å². The van der Waals surface area contributed by atoms with Crippen molar-refractivity contribution in [3.05, 3.63) is 29.8 Å². The molecule has 0 atom stereocenters. The predicted octanol–water partition coefficient (Wildman–Crippen LogP) is 3.01. The molecule has 1 heterocycles. The lowest BCUT2D eigenvalue weighted by molar-refractivity contribution is -0.0914. The van der Waals surface area contributed by atoms with Crippen LogP contribution in [0.5, 0.6) is 0 Å². The van der Waals surface area contributed by atoms with Crippen molar-refractivity contribution in [2.45, 2.75) is 37.9 Å². The number of nitrogens with one attached hydrogen (secondary N) is 1. The molecule has 0 radical (unpaired) electrons. The van der Waals surface area contributed by atoms with Crippen molar-refractivity contribution in [3.63, 3.8) is 0 Å². The van der Waals surface area contributed by atoms with E-state index < -0.39 is 0 Å². The summed E-state index contributed by atoms with van der Waals surface area (Å²) in [5, 5.41) is 2.98. The van der Waals surface area contributed by atoms with Crippen LogP contribution in [-0.4, -0.2) is 43.3 Å². The molecule has 1 aliphatic carbocycles. The minimum atomic E-state index is -0.0854. The van der Waals surface area contributed by atoms with E-state index in [-0.39, 0.29) is 11.6 Å². The zero-order valence-corrected chi connectivity index (χ0v) is 13.1. The van der Waals surface area contributed by atoms with E-state index in [0.717, 1.165) is 24.1 Å². The van der Waals surface area contributed by atoms with Gasteiger partial charge in [-0.25, -0.2) is 4.79 Å². The molecule has 5 nitrogen and oxygen atoms in total. The number of urea groups is 1. The number of nitrogens with zero attached hydrogens (tertiary/aromatic N) is 1. The number of methoxy groups -OCH3 is 1. The van der Waals surface area contributed by atoms with Crippen LogP contribution in [0.2, 0.25) is 0 Å². The Balaban J connectivity index is 1.59. The van der Waals surface area contributed by atoms with Crippen LogP contribution in [0.15, 0.2) is 24.3 Å². The lowest BCUT2D eigenvalue weighted by atomic mass is 10.00. The molecule has 0 unspecified atom stereocenters. The van der Waals surface area contributed by atoms with E-state index in [2.05, 4.69) is 5.32 Å². The molecular weight excluding hydrogens is 280 g/mol. The zero-order chi connectivity index (χ0) is 15.4. The Morgan fingerprint density at radius 2 is 2.05 bits per heavy atom. The Morgan fingerprint density at radius 3 is 2.73 bits per heavy atom. The Morgan fingerprint density at radius 1 is 1.32 bits per heavy atom. The molecule has 1 saturated carbocycles. The number of rotatable bonds is 3. The maximum absolute atomic E-state index is 12.5. The largest absolute Gasteiger partial charge is 0.380 e. The van der Waals surface area contributed by atoms with E-state index in [1.165, 1.54) is 12.8 Å². The number of carbonyl (C=O) groups is 1. The summed E-state index contributed by atoms with van der Waals surface area (Å²) in [5.41, 5.74) is 1.83. The van der Waals surface area contributed by atoms with Crippen LogP contribution in [0.1, 0.15) is 31.2 Å². The third kappa shape index (κ3) is 3.42. The summed E-state index contributed by atoms with van der Waals surface area (Å²) in [5.74, 6) is 0. The topological polar surface area (TPSA) is 50.8 Å². The number of carbonyl (C=O) groups excluding carboxylic acids is 1. The SMILES string of the molecule is COCc1ccc(NC(=O)N2CCOC3(CCCC3)C2)cc1. The van der Waals surface area contributed by atoms with Gasteiger partial charge >= 0.3 is 6.03 Å². The molecule has 1 spiro atoms. The first-order chi connectivity index (χ1) is 10.7. The fourth-order valence-electron chi connectivity index (χ4n) is 3.39. The highest BCUT2D eigenvalue weighted by molar-refractivity contribution is 5.89. The maximum atomic E-state index is 12.5. The summed E-state index contributed by atoms with van der Waals surface area (Å²) in [7, 11) is 1.67. The smallest absolute Gasteiger partial charge is 0.322 e. The first-order valence-electron chi connectivity index (χ1n) is 7.99. The second-order valence-electron chi connectivity index (χ2n) is 6.22. The number of hydrogen-bond donors (Lipinski definition) is 1. The van der Waals surface area contributed by atoms with Gasteiger partial charge in [-0.2, -0.15) is 0 Å². The second-order valence-corrected chi connectivity index (χ2v) is 6.22.